The molecule has 0 aliphatic heterocycles. The van der Waals surface area contributed by atoms with E-state index in [1.165, 1.54) is 6.33 Å². The van der Waals surface area contributed by atoms with Gasteiger partial charge in [0, 0.05) is 11.1 Å². The van der Waals surface area contributed by atoms with Crippen LogP contribution in [-0.2, 0) is 11.7 Å². The largest absolute Gasteiger partial charge is 0.416 e. The number of benzene rings is 2. The highest BCUT2D eigenvalue weighted by molar-refractivity contribution is 6.34. The highest BCUT2D eigenvalue weighted by Gasteiger charge is 2.33. The number of aromatic nitrogens is 4. The first kappa shape index (κ1) is 25.0. The van der Waals surface area contributed by atoms with Gasteiger partial charge in [0.1, 0.15) is 17.8 Å². The van der Waals surface area contributed by atoms with Crippen molar-refractivity contribution in [3.05, 3.63) is 71.9 Å². The van der Waals surface area contributed by atoms with E-state index >= 15 is 0 Å². The van der Waals surface area contributed by atoms with Crippen molar-refractivity contribution in [2.24, 2.45) is 0 Å². The number of amides is 1. The van der Waals surface area contributed by atoms with E-state index in [9.17, 15) is 18.0 Å². The molecule has 0 saturated heterocycles. The molecule has 0 bridgehead atoms. The molecule has 1 radical (unpaired) electrons. The van der Waals surface area contributed by atoms with Crippen LogP contribution in [0.2, 0.25) is 5.02 Å². The summed E-state index contributed by atoms with van der Waals surface area (Å²) in [6.07, 6.45) is 1.88. The van der Waals surface area contributed by atoms with Gasteiger partial charge in [0.2, 0.25) is 0 Å². The Bertz CT molecular complexity index is 1480. The van der Waals surface area contributed by atoms with Gasteiger partial charge in [-0.3, -0.25) is 4.79 Å². The maximum atomic E-state index is 12.8. The van der Waals surface area contributed by atoms with Gasteiger partial charge in [0.05, 0.1) is 27.2 Å². The van der Waals surface area contributed by atoms with Crippen LogP contribution in [0.5, 0.6) is 0 Å². The molecule has 37 heavy (non-hydrogen) atoms. The highest BCUT2D eigenvalue weighted by atomic mass is 35.5. The number of nitrogens with two attached hydrogens (primary N) is 1. The average Bonchev–Trinajstić information content (AvgIpc) is 3.27. The van der Waals surface area contributed by atoms with Crippen molar-refractivity contribution in [1.82, 2.24) is 19.7 Å². The van der Waals surface area contributed by atoms with Gasteiger partial charge in [0.25, 0.3) is 5.91 Å². The fourth-order valence-electron chi connectivity index (χ4n) is 4.70. The topological polar surface area (TPSA) is 98.7 Å². The SMILES string of the molecule is [CH2]C1(n2nc(-c3ccc(NC(=O)c4ccc(C(F)(F)F)cc4)c(Cl)c3)c3c(N)ncnc32)CCCCC1. The van der Waals surface area contributed by atoms with E-state index in [4.69, 9.17) is 22.4 Å². The average molecular weight is 528 g/mol. The van der Waals surface area contributed by atoms with E-state index in [-0.39, 0.29) is 16.4 Å². The molecule has 2 heterocycles. The molecule has 0 unspecified atom stereocenters. The molecule has 2 aromatic carbocycles. The molecule has 3 N–H and O–H groups in total. The van der Waals surface area contributed by atoms with Crippen molar-refractivity contribution in [1.29, 1.82) is 0 Å². The summed E-state index contributed by atoms with van der Waals surface area (Å²) < 4.78 is 40.3. The molecule has 11 heteroatoms. The number of hydrogen-bond donors (Lipinski definition) is 2. The minimum absolute atomic E-state index is 0.0658. The van der Waals surface area contributed by atoms with Crippen molar-refractivity contribution in [2.75, 3.05) is 11.1 Å². The summed E-state index contributed by atoms with van der Waals surface area (Å²) in [4.78, 5) is 21.2. The summed E-state index contributed by atoms with van der Waals surface area (Å²) in [7, 11) is 0. The first-order chi connectivity index (χ1) is 17.6. The molecule has 0 atom stereocenters. The molecule has 1 aliphatic carbocycles. The number of hydrogen-bond acceptors (Lipinski definition) is 5. The summed E-state index contributed by atoms with van der Waals surface area (Å²) in [6.45, 7) is 4.46. The fourth-order valence-corrected chi connectivity index (χ4v) is 4.93. The van der Waals surface area contributed by atoms with E-state index < -0.39 is 23.2 Å². The Morgan fingerprint density at radius 2 is 1.78 bits per heavy atom. The molecule has 7 nitrogen and oxygen atoms in total. The number of nitrogens with zero attached hydrogens (tertiary/aromatic N) is 4. The van der Waals surface area contributed by atoms with Crippen LogP contribution in [0.1, 0.15) is 48.0 Å². The number of alkyl halides is 3. The van der Waals surface area contributed by atoms with E-state index in [2.05, 4.69) is 22.2 Å². The highest BCUT2D eigenvalue weighted by Crippen LogP contribution is 2.40. The third kappa shape index (κ3) is 4.73. The predicted octanol–water partition coefficient (Wildman–Crippen LogP) is 6.49. The zero-order valence-corrected chi connectivity index (χ0v) is 20.4. The second kappa shape index (κ2) is 9.33. The Hall–Kier alpha value is -3.66. The van der Waals surface area contributed by atoms with E-state index in [0.717, 1.165) is 56.4 Å². The number of fused-ring (bicyclic) bond motifs is 1. The Morgan fingerprint density at radius 3 is 2.43 bits per heavy atom. The van der Waals surface area contributed by atoms with E-state index in [0.29, 0.717) is 28.0 Å². The zero-order chi connectivity index (χ0) is 26.4. The molecule has 1 aliphatic rings. The first-order valence-corrected chi connectivity index (χ1v) is 12.1. The summed E-state index contributed by atoms with van der Waals surface area (Å²) >= 11 is 6.50. The second-order valence-electron chi connectivity index (χ2n) is 9.23. The number of carbonyl (C=O) groups is 1. The molecule has 1 amide bonds. The standard InChI is InChI=1S/C26H23ClF3N6O/c1-25(11-3-2-4-12-25)36-23-20(22(31)32-14-33-23)21(35-36)16-7-10-19(18(27)13-16)34-24(37)15-5-8-17(9-6-15)26(28,29)30/h5-10,13-14H,1-4,11-12H2,(H,34,37)(H2,31,32,33). The Balaban J connectivity index is 1.46. The Labute approximate surface area is 215 Å². The molecular formula is C26H23ClF3N6O. The molecule has 4 aromatic rings. The van der Waals surface area contributed by atoms with Crippen molar-refractivity contribution >= 4 is 40.0 Å². The third-order valence-corrected chi connectivity index (χ3v) is 7.01. The molecule has 2 aromatic heterocycles. The lowest BCUT2D eigenvalue weighted by molar-refractivity contribution is -0.137. The maximum Gasteiger partial charge on any atom is 0.416 e. The van der Waals surface area contributed by atoms with Crippen LogP contribution in [0.25, 0.3) is 22.3 Å². The Kier molecular flexibility index (Phi) is 6.31. The number of anilines is 2. The van der Waals surface area contributed by atoms with Crippen LogP contribution in [0.4, 0.5) is 24.7 Å². The number of nitrogens with one attached hydrogen (secondary N) is 1. The number of nitrogen functional groups attached to an aromatic ring is 1. The molecule has 1 saturated carbocycles. The van der Waals surface area contributed by atoms with Gasteiger partial charge >= 0.3 is 6.18 Å². The minimum atomic E-state index is -4.48. The number of halogens is 4. The van der Waals surface area contributed by atoms with Crippen LogP contribution in [0.15, 0.2) is 48.8 Å². The lowest BCUT2D eigenvalue weighted by Gasteiger charge is -2.33. The van der Waals surface area contributed by atoms with Crippen LogP contribution in [-0.4, -0.2) is 25.7 Å². The van der Waals surface area contributed by atoms with Gasteiger partial charge in [-0.25, -0.2) is 14.6 Å². The van der Waals surface area contributed by atoms with Crippen molar-refractivity contribution in [3.63, 3.8) is 0 Å². The monoisotopic (exact) mass is 527 g/mol. The molecule has 1 fully saturated rings. The summed E-state index contributed by atoms with van der Waals surface area (Å²) in [5, 5.41) is 8.31. The summed E-state index contributed by atoms with van der Waals surface area (Å²) in [5.41, 5.74) is 7.09. The molecular weight excluding hydrogens is 505 g/mol. The molecule has 0 spiro atoms. The second-order valence-corrected chi connectivity index (χ2v) is 9.63. The van der Waals surface area contributed by atoms with Gasteiger partial charge in [-0.2, -0.15) is 18.3 Å². The summed E-state index contributed by atoms with van der Waals surface area (Å²) in [6, 6.07) is 8.90. The predicted molar refractivity (Wildman–Crippen MR) is 136 cm³/mol. The molecule has 5 rings (SSSR count). The normalized spacial score (nSPS) is 15.6. The minimum Gasteiger partial charge on any atom is -0.383 e. The lowest BCUT2D eigenvalue weighted by Crippen LogP contribution is -2.34. The van der Waals surface area contributed by atoms with Crippen LogP contribution in [0.3, 0.4) is 0 Å². The van der Waals surface area contributed by atoms with Crippen molar-refractivity contribution in [3.8, 4) is 11.3 Å². The number of rotatable bonds is 4. The van der Waals surface area contributed by atoms with Crippen LogP contribution >= 0.6 is 11.6 Å². The van der Waals surface area contributed by atoms with E-state index in [1.54, 1.807) is 18.2 Å². The Morgan fingerprint density at radius 1 is 1.08 bits per heavy atom. The number of carbonyl (C=O) groups excluding carboxylic acids is 1. The van der Waals surface area contributed by atoms with Crippen molar-refractivity contribution < 1.29 is 18.0 Å². The smallest absolute Gasteiger partial charge is 0.383 e. The van der Waals surface area contributed by atoms with Gasteiger partial charge in [-0.15, -0.1) is 0 Å². The quantitative estimate of drug-likeness (QED) is 0.316. The zero-order valence-electron chi connectivity index (χ0n) is 19.6. The van der Waals surface area contributed by atoms with Gasteiger partial charge < -0.3 is 11.1 Å². The molecule has 191 valence electrons. The van der Waals surface area contributed by atoms with Crippen LogP contribution < -0.4 is 11.1 Å². The third-order valence-electron chi connectivity index (χ3n) is 6.69. The van der Waals surface area contributed by atoms with Gasteiger partial charge in [-0.05, 0) is 56.2 Å². The van der Waals surface area contributed by atoms with Gasteiger partial charge in [-0.1, -0.05) is 36.9 Å². The van der Waals surface area contributed by atoms with Crippen LogP contribution in [0, 0.1) is 6.92 Å². The fraction of sp³-hybridized carbons (Fsp3) is 0.269. The van der Waals surface area contributed by atoms with E-state index in [1.807, 2.05) is 4.68 Å². The first-order valence-electron chi connectivity index (χ1n) is 11.7. The van der Waals surface area contributed by atoms with Gasteiger partial charge in [0.15, 0.2) is 5.65 Å². The maximum absolute atomic E-state index is 12.8. The lowest BCUT2D eigenvalue weighted by atomic mass is 9.83. The van der Waals surface area contributed by atoms with Crippen molar-refractivity contribution in [2.45, 2.75) is 43.8 Å². The summed E-state index contributed by atoms with van der Waals surface area (Å²) in [5.74, 6) is -0.312.